The van der Waals surface area contributed by atoms with E-state index >= 15 is 0 Å². The molecular formula is C5H5Cl7. The van der Waals surface area contributed by atoms with Gasteiger partial charge in [-0.1, -0.05) is 23.2 Å². The average Bonchev–Trinajstić information content (AvgIpc) is 2.01. The molecule has 0 aromatic rings. The van der Waals surface area contributed by atoms with Gasteiger partial charge in [-0.05, 0) is 0 Å². The molecule has 0 aliphatic carbocycles. The van der Waals surface area contributed by atoms with Crippen molar-refractivity contribution in [3.05, 3.63) is 0 Å². The van der Waals surface area contributed by atoms with Gasteiger partial charge in [-0.3, -0.25) is 0 Å². The van der Waals surface area contributed by atoms with Crippen LogP contribution in [0.4, 0.5) is 0 Å². The Balaban J connectivity index is 4.34. The SMILES string of the molecule is ClCC(Cl)C(Cl)C(Cl)(Cl)C(Cl)Cl. The quantitative estimate of drug-likeness (QED) is 0.674. The van der Waals surface area contributed by atoms with E-state index in [4.69, 9.17) is 81.2 Å². The van der Waals surface area contributed by atoms with Crippen LogP contribution in [0.2, 0.25) is 0 Å². The fourth-order valence-corrected chi connectivity index (χ4v) is 1.96. The van der Waals surface area contributed by atoms with Gasteiger partial charge in [0.05, 0.1) is 10.8 Å². The minimum Gasteiger partial charge on any atom is -0.125 e. The Hall–Kier alpha value is 2.03. The minimum atomic E-state index is -1.49. The maximum absolute atomic E-state index is 5.77. The van der Waals surface area contributed by atoms with Crippen molar-refractivity contribution in [3.8, 4) is 0 Å². The van der Waals surface area contributed by atoms with Gasteiger partial charge in [-0.25, -0.2) is 0 Å². The molecule has 0 spiro atoms. The summed E-state index contributed by atoms with van der Waals surface area (Å²) in [4.78, 5) is -1.02. The fourth-order valence-electron chi connectivity index (χ4n) is 0.440. The van der Waals surface area contributed by atoms with Gasteiger partial charge in [0.15, 0.2) is 4.33 Å². The zero-order valence-corrected chi connectivity index (χ0v) is 10.9. The minimum absolute atomic E-state index is 0.122. The molecule has 0 aromatic carbocycles. The number of rotatable bonds is 4. The highest BCUT2D eigenvalue weighted by Crippen LogP contribution is 2.40. The number of alkyl halides is 7. The standard InChI is InChI=1S/C5H5Cl7/c6-1-2(7)3(8)5(11,12)4(9)10/h2-4H,1H2. The van der Waals surface area contributed by atoms with Crippen LogP contribution in [-0.2, 0) is 0 Å². The molecule has 7 heteroatoms. The van der Waals surface area contributed by atoms with Crippen molar-refractivity contribution in [1.29, 1.82) is 0 Å². The van der Waals surface area contributed by atoms with E-state index in [2.05, 4.69) is 0 Å². The third-order valence-corrected chi connectivity index (χ3v) is 5.06. The van der Waals surface area contributed by atoms with E-state index in [0.717, 1.165) is 0 Å². The molecule has 0 aromatic heterocycles. The molecule has 0 fully saturated rings. The van der Waals surface area contributed by atoms with Gasteiger partial charge >= 0.3 is 0 Å². The molecule has 12 heavy (non-hydrogen) atoms. The first-order valence-corrected chi connectivity index (χ1v) is 5.87. The second-order valence-corrected chi connectivity index (χ2v) is 5.93. The molecule has 0 saturated carbocycles. The molecule has 0 N–H and O–H groups in total. The van der Waals surface area contributed by atoms with Crippen LogP contribution in [-0.4, -0.2) is 25.8 Å². The van der Waals surface area contributed by atoms with Crippen molar-refractivity contribution in [2.24, 2.45) is 0 Å². The molecule has 2 atom stereocenters. The van der Waals surface area contributed by atoms with E-state index in [9.17, 15) is 0 Å². The molecule has 0 aliphatic rings. The van der Waals surface area contributed by atoms with Gasteiger partial charge < -0.3 is 0 Å². The normalized spacial score (nSPS) is 18.0. The third kappa shape index (κ3) is 3.65. The van der Waals surface area contributed by atoms with E-state index in [0.29, 0.717) is 0 Å². The molecule has 2 unspecified atom stereocenters. The molecule has 0 aliphatic heterocycles. The largest absolute Gasteiger partial charge is 0.165 e. The molecule has 0 nitrogen and oxygen atoms in total. The van der Waals surface area contributed by atoms with Crippen molar-refractivity contribution in [2.75, 3.05) is 5.88 Å². The monoisotopic (exact) mass is 310 g/mol. The smallest absolute Gasteiger partial charge is 0.125 e. The van der Waals surface area contributed by atoms with Crippen LogP contribution in [0.1, 0.15) is 0 Å². The highest BCUT2D eigenvalue weighted by molar-refractivity contribution is 6.62. The van der Waals surface area contributed by atoms with Gasteiger partial charge in [-0.2, -0.15) is 0 Å². The van der Waals surface area contributed by atoms with Crippen molar-refractivity contribution >= 4 is 81.2 Å². The summed E-state index contributed by atoms with van der Waals surface area (Å²) in [5, 5.41) is -1.39. The second-order valence-electron chi connectivity index (χ2n) is 2.05. The summed E-state index contributed by atoms with van der Waals surface area (Å²) < 4.78 is -1.49. The van der Waals surface area contributed by atoms with E-state index in [1.165, 1.54) is 0 Å². The lowest BCUT2D eigenvalue weighted by Gasteiger charge is -2.28. The fraction of sp³-hybridized carbons (Fsp3) is 1.00. The highest BCUT2D eigenvalue weighted by atomic mass is 35.5. The van der Waals surface area contributed by atoms with Gasteiger partial charge in [0.2, 0.25) is 0 Å². The molecular weight excluding hydrogens is 308 g/mol. The summed E-state index contributed by atoms with van der Waals surface area (Å²) >= 11 is 39.3. The van der Waals surface area contributed by atoms with Crippen LogP contribution in [0.3, 0.4) is 0 Å². The molecule has 0 rings (SSSR count). The van der Waals surface area contributed by atoms with E-state index < -0.39 is 19.9 Å². The van der Waals surface area contributed by atoms with Crippen molar-refractivity contribution in [2.45, 2.75) is 19.9 Å². The lowest BCUT2D eigenvalue weighted by atomic mass is 10.2. The first-order chi connectivity index (χ1) is 5.34. The number of hydrogen-bond donors (Lipinski definition) is 0. The van der Waals surface area contributed by atoms with Gasteiger partial charge in [0, 0.05) is 5.88 Å². The molecule has 0 amide bonds. The zero-order chi connectivity index (χ0) is 9.94. The zero-order valence-electron chi connectivity index (χ0n) is 5.58. The van der Waals surface area contributed by atoms with Crippen molar-refractivity contribution in [1.82, 2.24) is 0 Å². The maximum atomic E-state index is 5.77. The summed E-state index contributed by atoms with van der Waals surface area (Å²) in [6.45, 7) is 0. The van der Waals surface area contributed by atoms with Crippen LogP contribution in [0.15, 0.2) is 0 Å². The van der Waals surface area contributed by atoms with Crippen LogP contribution in [0.5, 0.6) is 0 Å². The van der Waals surface area contributed by atoms with Crippen LogP contribution in [0.25, 0.3) is 0 Å². The predicted molar refractivity (Wildman–Crippen MR) is 59.9 cm³/mol. The Morgan fingerprint density at radius 1 is 1.00 bits per heavy atom. The van der Waals surface area contributed by atoms with Gasteiger partial charge in [0.25, 0.3) is 0 Å². The van der Waals surface area contributed by atoms with Gasteiger partial charge in [-0.15, -0.1) is 58.0 Å². The topological polar surface area (TPSA) is 0 Å². The summed E-state index contributed by atoms with van der Waals surface area (Å²) in [5.41, 5.74) is 0. The van der Waals surface area contributed by atoms with Crippen LogP contribution >= 0.6 is 81.2 Å². The highest BCUT2D eigenvalue weighted by Gasteiger charge is 2.43. The Morgan fingerprint density at radius 2 is 1.42 bits per heavy atom. The average molecular weight is 313 g/mol. The molecule has 0 heterocycles. The summed E-state index contributed by atoms with van der Waals surface area (Å²) in [6, 6.07) is 0. The third-order valence-electron chi connectivity index (χ3n) is 1.12. The summed E-state index contributed by atoms with van der Waals surface area (Å²) in [5.74, 6) is 0.122. The lowest BCUT2D eigenvalue weighted by Crippen LogP contribution is -2.40. The Bertz CT molecular complexity index is 134. The Labute approximate surface area is 106 Å². The Kier molecular flexibility index (Phi) is 6.78. The van der Waals surface area contributed by atoms with Gasteiger partial charge in [0.1, 0.15) is 4.84 Å². The van der Waals surface area contributed by atoms with E-state index in [1.807, 2.05) is 0 Å². The number of hydrogen-bond acceptors (Lipinski definition) is 0. The first kappa shape index (κ1) is 14.0. The van der Waals surface area contributed by atoms with E-state index in [-0.39, 0.29) is 5.88 Å². The Morgan fingerprint density at radius 3 is 1.67 bits per heavy atom. The van der Waals surface area contributed by atoms with Crippen LogP contribution < -0.4 is 0 Å². The first-order valence-electron chi connectivity index (χ1n) is 2.84. The maximum Gasteiger partial charge on any atom is 0.165 e. The predicted octanol–water partition coefficient (Wildman–Crippen LogP) is 4.42. The summed E-state index contributed by atoms with van der Waals surface area (Å²) in [7, 11) is 0. The number of halogens is 7. The second kappa shape index (κ2) is 5.80. The lowest BCUT2D eigenvalue weighted by molar-refractivity contribution is 0.731. The molecule has 0 radical (unpaired) electrons. The molecule has 74 valence electrons. The molecule has 0 saturated heterocycles. The van der Waals surface area contributed by atoms with Crippen molar-refractivity contribution < 1.29 is 0 Å². The summed E-state index contributed by atoms with van der Waals surface area (Å²) in [6.07, 6.45) is 0. The molecule has 0 bridgehead atoms. The van der Waals surface area contributed by atoms with Crippen LogP contribution in [0, 0.1) is 0 Å². The van der Waals surface area contributed by atoms with E-state index in [1.54, 1.807) is 0 Å². The van der Waals surface area contributed by atoms with Crippen molar-refractivity contribution in [3.63, 3.8) is 0 Å².